The number of nitrogens with zero attached hydrogens (tertiary/aromatic N) is 1. The van der Waals surface area contributed by atoms with Crippen LogP contribution in [0.4, 0.5) is 4.79 Å². The fourth-order valence-corrected chi connectivity index (χ4v) is 2.27. The molecule has 0 aliphatic rings. The summed E-state index contributed by atoms with van der Waals surface area (Å²) in [6, 6.07) is 9.89. The van der Waals surface area contributed by atoms with Crippen molar-refractivity contribution in [1.82, 2.24) is 15.6 Å². The molecule has 0 bridgehead atoms. The van der Waals surface area contributed by atoms with Gasteiger partial charge in [0.25, 0.3) is 0 Å². The van der Waals surface area contributed by atoms with Crippen molar-refractivity contribution in [2.75, 3.05) is 0 Å². The van der Waals surface area contributed by atoms with Crippen molar-refractivity contribution in [3.63, 3.8) is 0 Å². The van der Waals surface area contributed by atoms with Gasteiger partial charge in [0, 0.05) is 18.9 Å². The van der Waals surface area contributed by atoms with Crippen molar-refractivity contribution in [1.29, 1.82) is 0 Å². The minimum Gasteiger partial charge on any atom is -0.334 e. The molecule has 0 radical (unpaired) electrons. The molecule has 0 fully saturated rings. The number of hydrogen-bond acceptors (Lipinski definition) is 2. The van der Waals surface area contributed by atoms with E-state index < -0.39 is 0 Å². The quantitative estimate of drug-likeness (QED) is 0.905. The number of carbonyl (C=O) groups is 1. The van der Waals surface area contributed by atoms with Gasteiger partial charge in [-0.1, -0.05) is 29.3 Å². The highest BCUT2D eigenvalue weighted by molar-refractivity contribution is 5.74. The van der Waals surface area contributed by atoms with E-state index in [2.05, 4.69) is 47.7 Å². The Balaban J connectivity index is 1.90. The Morgan fingerprint density at radius 3 is 2.38 bits per heavy atom. The second-order valence-electron chi connectivity index (χ2n) is 5.33. The van der Waals surface area contributed by atoms with Gasteiger partial charge in [0.05, 0.1) is 6.04 Å². The molecule has 1 atom stereocenters. The minimum absolute atomic E-state index is 0.0268. The Hall–Kier alpha value is -2.36. The van der Waals surface area contributed by atoms with Crippen LogP contribution in [0.2, 0.25) is 0 Å². The second-order valence-corrected chi connectivity index (χ2v) is 5.33. The Labute approximate surface area is 125 Å². The van der Waals surface area contributed by atoms with Gasteiger partial charge in [-0.05, 0) is 44.0 Å². The zero-order chi connectivity index (χ0) is 15.2. The van der Waals surface area contributed by atoms with Gasteiger partial charge in [-0.15, -0.1) is 0 Å². The third-order valence-electron chi connectivity index (χ3n) is 3.29. The number of hydrogen-bond donors (Lipinski definition) is 2. The van der Waals surface area contributed by atoms with Gasteiger partial charge in [-0.3, -0.25) is 4.98 Å². The second kappa shape index (κ2) is 6.88. The van der Waals surface area contributed by atoms with Gasteiger partial charge in [0.1, 0.15) is 0 Å². The Morgan fingerprint density at radius 1 is 1.14 bits per heavy atom. The molecular weight excluding hydrogens is 262 g/mol. The number of aryl methyl sites for hydroxylation is 2. The number of benzene rings is 1. The van der Waals surface area contributed by atoms with Crippen LogP contribution in [-0.2, 0) is 6.54 Å². The lowest BCUT2D eigenvalue weighted by Gasteiger charge is -2.16. The highest BCUT2D eigenvalue weighted by Crippen LogP contribution is 2.16. The summed E-state index contributed by atoms with van der Waals surface area (Å²) in [6.07, 6.45) is 3.43. The Bertz CT molecular complexity index is 590. The van der Waals surface area contributed by atoms with Crippen molar-refractivity contribution < 1.29 is 4.79 Å². The molecule has 0 aliphatic carbocycles. The van der Waals surface area contributed by atoms with E-state index in [-0.39, 0.29) is 12.1 Å². The molecule has 1 unspecified atom stereocenters. The fourth-order valence-electron chi connectivity index (χ4n) is 2.27. The fraction of sp³-hybridized carbons (Fsp3) is 0.294. The summed E-state index contributed by atoms with van der Waals surface area (Å²) in [5, 5.41) is 5.81. The number of rotatable bonds is 4. The summed E-state index contributed by atoms with van der Waals surface area (Å²) in [6.45, 7) is 6.60. The van der Waals surface area contributed by atoms with Crippen LogP contribution in [0.5, 0.6) is 0 Å². The molecule has 4 heteroatoms. The molecule has 21 heavy (non-hydrogen) atoms. The predicted octanol–water partition coefficient (Wildman–Crippen LogP) is 3.26. The first-order chi connectivity index (χ1) is 10.0. The van der Waals surface area contributed by atoms with Crippen LogP contribution in [-0.4, -0.2) is 11.0 Å². The SMILES string of the molecule is Cc1cc(C)cc(C(C)NC(=O)NCc2ccncc2)c1. The zero-order valence-electron chi connectivity index (χ0n) is 12.7. The molecule has 110 valence electrons. The summed E-state index contributed by atoms with van der Waals surface area (Å²) in [5.41, 5.74) is 4.55. The van der Waals surface area contributed by atoms with E-state index in [9.17, 15) is 4.79 Å². The molecule has 0 saturated heterocycles. The summed E-state index contributed by atoms with van der Waals surface area (Å²) < 4.78 is 0. The van der Waals surface area contributed by atoms with Gasteiger partial charge in [-0.25, -0.2) is 4.79 Å². The molecule has 0 saturated carbocycles. The normalized spacial score (nSPS) is 11.8. The number of carbonyl (C=O) groups excluding carboxylic acids is 1. The number of aromatic nitrogens is 1. The molecule has 1 aromatic carbocycles. The highest BCUT2D eigenvalue weighted by Gasteiger charge is 2.09. The van der Waals surface area contributed by atoms with E-state index >= 15 is 0 Å². The third-order valence-corrected chi connectivity index (χ3v) is 3.29. The molecule has 0 aliphatic heterocycles. The van der Waals surface area contributed by atoms with Crippen molar-refractivity contribution in [2.24, 2.45) is 0 Å². The van der Waals surface area contributed by atoms with Crippen LogP contribution >= 0.6 is 0 Å². The van der Waals surface area contributed by atoms with Gasteiger partial charge >= 0.3 is 6.03 Å². The summed E-state index contributed by atoms with van der Waals surface area (Å²) in [5.74, 6) is 0. The molecule has 2 rings (SSSR count). The third kappa shape index (κ3) is 4.60. The van der Waals surface area contributed by atoms with Gasteiger partial charge in [0.2, 0.25) is 0 Å². The molecule has 1 heterocycles. The largest absolute Gasteiger partial charge is 0.334 e. The molecular formula is C17H21N3O. The maximum absolute atomic E-state index is 11.9. The van der Waals surface area contributed by atoms with Crippen LogP contribution in [0.25, 0.3) is 0 Å². The van der Waals surface area contributed by atoms with E-state index in [4.69, 9.17) is 0 Å². The summed E-state index contributed by atoms with van der Waals surface area (Å²) in [4.78, 5) is 15.9. The first kappa shape index (κ1) is 15.0. The molecule has 4 nitrogen and oxygen atoms in total. The van der Waals surface area contributed by atoms with Crippen LogP contribution in [0.3, 0.4) is 0 Å². The first-order valence-corrected chi connectivity index (χ1v) is 7.06. The van der Waals surface area contributed by atoms with Crippen LogP contribution in [0, 0.1) is 13.8 Å². The summed E-state index contributed by atoms with van der Waals surface area (Å²) >= 11 is 0. The maximum atomic E-state index is 11.9. The molecule has 2 N–H and O–H groups in total. The lowest BCUT2D eigenvalue weighted by molar-refractivity contribution is 0.237. The molecule has 0 spiro atoms. The van der Waals surface area contributed by atoms with Gasteiger partial charge < -0.3 is 10.6 Å². The van der Waals surface area contributed by atoms with Crippen molar-refractivity contribution in [3.05, 3.63) is 65.0 Å². The van der Waals surface area contributed by atoms with E-state index in [0.29, 0.717) is 6.54 Å². The smallest absolute Gasteiger partial charge is 0.315 e. The lowest BCUT2D eigenvalue weighted by atomic mass is 10.0. The van der Waals surface area contributed by atoms with Gasteiger partial charge in [-0.2, -0.15) is 0 Å². The topological polar surface area (TPSA) is 54.0 Å². The standard InChI is InChI=1S/C17H21N3O/c1-12-8-13(2)10-16(9-12)14(3)20-17(21)19-11-15-4-6-18-7-5-15/h4-10,14H,11H2,1-3H3,(H2,19,20,21). The van der Waals surface area contributed by atoms with Crippen molar-refractivity contribution in [2.45, 2.75) is 33.4 Å². The zero-order valence-corrected chi connectivity index (χ0v) is 12.7. The van der Waals surface area contributed by atoms with Crippen molar-refractivity contribution in [3.8, 4) is 0 Å². The number of amides is 2. The average Bonchev–Trinajstić information content (AvgIpc) is 2.45. The molecule has 2 aromatic rings. The molecule has 1 aromatic heterocycles. The molecule has 2 amide bonds. The van der Waals surface area contributed by atoms with Crippen LogP contribution < -0.4 is 10.6 Å². The highest BCUT2D eigenvalue weighted by atomic mass is 16.2. The van der Waals surface area contributed by atoms with E-state index in [1.807, 2.05) is 19.1 Å². The number of urea groups is 1. The Kier molecular flexibility index (Phi) is 4.93. The minimum atomic E-state index is -0.168. The van der Waals surface area contributed by atoms with Crippen molar-refractivity contribution >= 4 is 6.03 Å². The van der Waals surface area contributed by atoms with Crippen LogP contribution in [0.1, 0.15) is 35.2 Å². The van der Waals surface area contributed by atoms with Crippen LogP contribution in [0.15, 0.2) is 42.7 Å². The first-order valence-electron chi connectivity index (χ1n) is 7.06. The number of nitrogens with one attached hydrogen (secondary N) is 2. The lowest BCUT2D eigenvalue weighted by Crippen LogP contribution is -2.36. The van der Waals surface area contributed by atoms with E-state index in [0.717, 1.165) is 11.1 Å². The average molecular weight is 283 g/mol. The summed E-state index contributed by atoms with van der Waals surface area (Å²) in [7, 11) is 0. The van der Waals surface area contributed by atoms with Gasteiger partial charge in [0.15, 0.2) is 0 Å². The predicted molar refractivity (Wildman–Crippen MR) is 83.9 cm³/mol. The Morgan fingerprint density at radius 2 is 1.76 bits per heavy atom. The monoisotopic (exact) mass is 283 g/mol. The maximum Gasteiger partial charge on any atom is 0.315 e. The number of pyridine rings is 1. The van der Waals surface area contributed by atoms with E-state index in [1.165, 1.54) is 11.1 Å². The van der Waals surface area contributed by atoms with E-state index in [1.54, 1.807) is 12.4 Å².